The Labute approximate surface area is 103 Å². The second-order valence-electron chi connectivity index (χ2n) is 3.16. The molecule has 0 saturated heterocycles. The van der Waals surface area contributed by atoms with Crippen LogP contribution in [-0.2, 0) is 9.53 Å². The maximum Gasteiger partial charge on any atom is 0.250 e. The second-order valence-corrected chi connectivity index (χ2v) is 3.57. The molecule has 0 spiro atoms. The number of nitrogens with two attached hydrogens (primary N) is 1. The molecule has 1 aromatic rings. The number of amidine groups is 1. The van der Waals surface area contributed by atoms with Crippen LogP contribution in [0.4, 0.5) is 5.69 Å². The van der Waals surface area contributed by atoms with Gasteiger partial charge in [0.25, 0.3) is 0 Å². The lowest BCUT2D eigenvalue weighted by Crippen LogP contribution is -2.18. The van der Waals surface area contributed by atoms with E-state index in [1.807, 2.05) is 0 Å². The van der Waals surface area contributed by atoms with Gasteiger partial charge in [-0.1, -0.05) is 16.8 Å². The van der Waals surface area contributed by atoms with E-state index in [4.69, 9.17) is 22.5 Å². The summed E-state index contributed by atoms with van der Waals surface area (Å²) in [5.74, 6) is -0.368. The average molecular weight is 258 g/mol. The Morgan fingerprint density at radius 1 is 1.65 bits per heavy atom. The van der Waals surface area contributed by atoms with Crippen LogP contribution >= 0.6 is 11.6 Å². The lowest BCUT2D eigenvalue weighted by molar-refractivity contribution is -0.119. The molecule has 4 N–H and O–H groups in total. The molecule has 0 bridgehead atoms. The Balaban J connectivity index is 2.87. The highest BCUT2D eigenvalue weighted by atomic mass is 35.5. The van der Waals surface area contributed by atoms with Crippen LogP contribution in [-0.4, -0.2) is 30.7 Å². The van der Waals surface area contributed by atoms with E-state index >= 15 is 0 Å². The van der Waals surface area contributed by atoms with Crippen molar-refractivity contribution < 1.29 is 14.7 Å². The van der Waals surface area contributed by atoms with Gasteiger partial charge in [0.05, 0.1) is 10.7 Å². The SMILES string of the molecule is COCC(=O)Nc1ccc(/C(N)=N/O)cc1Cl. The Kier molecular flexibility index (Phi) is 4.74. The number of amides is 1. The molecule has 0 heterocycles. The van der Waals surface area contributed by atoms with Gasteiger partial charge < -0.3 is 21.0 Å². The number of hydrogen-bond acceptors (Lipinski definition) is 4. The molecule has 0 aliphatic carbocycles. The number of anilines is 1. The highest BCUT2D eigenvalue weighted by molar-refractivity contribution is 6.34. The number of rotatable bonds is 4. The number of oxime groups is 1. The third-order valence-corrected chi connectivity index (χ3v) is 2.23. The van der Waals surface area contributed by atoms with Crippen molar-refractivity contribution in [2.45, 2.75) is 0 Å². The van der Waals surface area contributed by atoms with E-state index in [-0.39, 0.29) is 18.3 Å². The topological polar surface area (TPSA) is 96.9 Å². The summed E-state index contributed by atoms with van der Waals surface area (Å²) >= 11 is 5.93. The van der Waals surface area contributed by atoms with E-state index in [9.17, 15) is 4.79 Å². The van der Waals surface area contributed by atoms with Crippen LogP contribution in [0.15, 0.2) is 23.4 Å². The summed E-state index contributed by atoms with van der Waals surface area (Å²) in [5, 5.41) is 14.2. The zero-order valence-electron chi connectivity index (χ0n) is 9.11. The van der Waals surface area contributed by atoms with Crippen LogP contribution < -0.4 is 11.1 Å². The monoisotopic (exact) mass is 257 g/mol. The molecule has 7 heteroatoms. The van der Waals surface area contributed by atoms with Gasteiger partial charge in [-0.2, -0.15) is 0 Å². The smallest absolute Gasteiger partial charge is 0.250 e. The number of hydrogen-bond donors (Lipinski definition) is 3. The maximum absolute atomic E-state index is 11.3. The van der Waals surface area contributed by atoms with Crippen molar-refractivity contribution >= 4 is 29.0 Å². The molecule has 1 amide bonds. The zero-order valence-corrected chi connectivity index (χ0v) is 9.86. The number of nitrogens with zero attached hydrogens (tertiary/aromatic N) is 1. The molecule has 0 aliphatic heterocycles. The molecule has 17 heavy (non-hydrogen) atoms. The fraction of sp³-hybridized carbons (Fsp3) is 0.200. The summed E-state index contributed by atoms with van der Waals surface area (Å²) in [6, 6.07) is 4.62. The van der Waals surface area contributed by atoms with Gasteiger partial charge in [-0.25, -0.2) is 0 Å². The van der Waals surface area contributed by atoms with Crippen molar-refractivity contribution in [2.24, 2.45) is 10.9 Å². The lowest BCUT2D eigenvalue weighted by atomic mass is 10.2. The zero-order chi connectivity index (χ0) is 12.8. The van der Waals surface area contributed by atoms with Crippen LogP contribution in [0.25, 0.3) is 0 Å². The Morgan fingerprint density at radius 2 is 2.35 bits per heavy atom. The molecule has 92 valence electrons. The molecule has 1 rings (SSSR count). The third kappa shape index (κ3) is 3.61. The van der Waals surface area contributed by atoms with Crippen molar-refractivity contribution in [3.8, 4) is 0 Å². The standard InChI is InChI=1S/C10H12ClN3O3/c1-17-5-9(15)13-8-3-2-6(4-7(8)11)10(12)14-16/h2-4,16H,5H2,1H3,(H2,12,14)(H,13,15). The van der Waals surface area contributed by atoms with E-state index in [0.717, 1.165) is 0 Å². The van der Waals surface area contributed by atoms with Crippen LogP contribution in [0.3, 0.4) is 0 Å². The molecule has 0 unspecified atom stereocenters. The van der Waals surface area contributed by atoms with Gasteiger partial charge in [0.1, 0.15) is 6.61 Å². The van der Waals surface area contributed by atoms with Crippen molar-refractivity contribution in [1.82, 2.24) is 0 Å². The normalized spacial score (nSPS) is 11.3. The van der Waals surface area contributed by atoms with E-state index in [1.165, 1.54) is 13.2 Å². The molecular weight excluding hydrogens is 246 g/mol. The van der Waals surface area contributed by atoms with Crippen molar-refractivity contribution in [1.29, 1.82) is 0 Å². The summed E-state index contributed by atoms with van der Waals surface area (Å²) in [4.78, 5) is 11.3. The van der Waals surface area contributed by atoms with Gasteiger partial charge in [-0.15, -0.1) is 0 Å². The minimum atomic E-state index is -0.314. The Hall–Kier alpha value is -1.79. The largest absolute Gasteiger partial charge is 0.409 e. The van der Waals surface area contributed by atoms with Gasteiger partial charge in [0, 0.05) is 12.7 Å². The van der Waals surface area contributed by atoms with Crippen LogP contribution in [0.2, 0.25) is 5.02 Å². The van der Waals surface area contributed by atoms with Crippen LogP contribution in [0.5, 0.6) is 0 Å². The molecule has 0 atom stereocenters. The van der Waals surface area contributed by atoms with E-state index in [0.29, 0.717) is 16.3 Å². The number of benzene rings is 1. The van der Waals surface area contributed by atoms with Gasteiger partial charge in [-0.3, -0.25) is 4.79 Å². The fourth-order valence-electron chi connectivity index (χ4n) is 1.15. The molecule has 0 aliphatic rings. The number of nitrogens with one attached hydrogen (secondary N) is 1. The Bertz CT molecular complexity index is 448. The van der Waals surface area contributed by atoms with Gasteiger partial charge in [0.15, 0.2) is 5.84 Å². The van der Waals surface area contributed by atoms with E-state index in [1.54, 1.807) is 12.1 Å². The lowest BCUT2D eigenvalue weighted by Gasteiger charge is -2.08. The van der Waals surface area contributed by atoms with Crippen molar-refractivity contribution in [3.63, 3.8) is 0 Å². The number of ether oxygens (including phenoxy) is 1. The first-order valence-electron chi connectivity index (χ1n) is 4.64. The molecule has 1 aromatic carbocycles. The highest BCUT2D eigenvalue weighted by Crippen LogP contribution is 2.22. The summed E-state index contributed by atoms with van der Waals surface area (Å²) < 4.78 is 4.67. The highest BCUT2D eigenvalue weighted by Gasteiger charge is 2.07. The van der Waals surface area contributed by atoms with Crippen LogP contribution in [0, 0.1) is 0 Å². The fourth-order valence-corrected chi connectivity index (χ4v) is 1.38. The average Bonchev–Trinajstić information content (AvgIpc) is 2.31. The predicted octanol–water partition coefficient (Wildman–Crippen LogP) is 1.02. The van der Waals surface area contributed by atoms with Crippen LogP contribution in [0.1, 0.15) is 5.56 Å². The van der Waals surface area contributed by atoms with Crippen molar-refractivity contribution in [3.05, 3.63) is 28.8 Å². The second kappa shape index (κ2) is 6.07. The molecule has 0 aromatic heterocycles. The first-order chi connectivity index (χ1) is 8.08. The summed E-state index contributed by atoms with van der Waals surface area (Å²) in [6.07, 6.45) is 0. The molecule has 0 radical (unpaired) electrons. The summed E-state index contributed by atoms with van der Waals surface area (Å²) in [7, 11) is 1.42. The van der Waals surface area contributed by atoms with Gasteiger partial charge >= 0.3 is 0 Å². The van der Waals surface area contributed by atoms with Gasteiger partial charge in [0.2, 0.25) is 5.91 Å². The summed E-state index contributed by atoms with van der Waals surface area (Å²) in [6.45, 7) is -0.0572. The first kappa shape index (κ1) is 13.3. The van der Waals surface area contributed by atoms with E-state index in [2.05, 4.69) is 15.2 Å². The van der Waals surface area contributed by atoms with E-state index < -0.39 is 0 Å². The molecule has 0 fully saturated rings. The first-order valence-corrected chi connectivity index (χ1v) is 5.02. The Morgan fingerprint density at radius 3 is 2.88 bits per heavy atom. The predicted molar refractivity (Wildman–Crippen MR) is 64.5 cm³/mol. The van der Waals surface area contributed by atoms with Crippen molar-refractivity contribution in [2.75, 3.05) is 19.0 Å². The minimum absolute atomic E-state index is 0.0540. The maximum atomic E-state index is 11.3. The summed E-state index contributed by atoms with van der Waals surface area (Å²) in [5.41, 5.74) is 6.29. The number of carbonyl (C=O) groups excluding carboxylic acids is 1. The molecule has 6 nitrogen and oxygen atoms in total. The third-order valence-electron chi connectivity index (χ3n) is 1.92. The van der Waals surface area contributed by atoms with Gasteiger partial charge in [-0.05, 0) is 18.2 Å². The minimum Gasteiger partial charge on any atom is -0.409 e. The molecule has 0 saturated carbocycles. The molecular formula is C10H12ClN3O3. The number of halogens is 1. The quantitative estimate of drug-likeness (QED) is 0.325. The number of methoxy groups -OCH3 is 1. The number of carbonyl (C=O) groups is 1.